The second-order valence-electron chi connectivity index (χ2n) is 16.6. The average Bonchev–Trinajstić information content (AvgIpc) is 3.71. The molecule has 11 aromatic carbocycles. The molecule has 300 valence electrons. The van der Waals surface area contributed by atoms with E-state index in [1.165, 1.54) is 87.9 Å². The molecule has 0 bridgehead atoms. The van der Waals surface area contributed by atoms with Gasteiger partial charge in [0, 0.05) is 33.5 Å². The van der Waals surface area contributed by atoms with Crippen molar-refractivity contribution in [2.45, 2.75) is 0 Å². The van der Waals surface area contributed by atoms with Crippen molar-refractivity contribution in [3.8, 4) is 50.2 Å². The molecular weight excluding hydrogens is 773 g/mol. The second kappa shape index (κ2) is 15.8. The number of benzene rings is 11. The molecule has 0 aliphatic heterocycles. The van der Waals surface area contributed by atoms with E-state index in [2.05, 4.69) is 264 Å². The van der Waals surface area contributed by atoms with Crippen molar-refractivity contribution in [2.24, 2.45) is 0 Å². The van der Waals surface area contributed by atoms with Crippen LogP contribution in [0.4, 0.5) is 17.1 Å². The third-order valence-corrected chi connectivity index (χ3v) is 12.8. The molecule has 12 rings (SSSR count). The molecule has 0 saturated heterocycles. The Balaban J connectivity index is 0.896. The van der Waals surface area contributed by atoms with Gasteiger partial charge in [-0.05, 0) is 133 Å². The summed E-state index contributed by atoms with van der Waals surface area (Å²) in [4.78, 5) is 2.37. The number of para-hydroxylation sites is 2. The van der Waals surface area contributed by atoms with Crippen LogP contribution in [0, 0.1) is 0 Å². The van der Waals surface area contributed by atoms with Crippen molar-refractivity contribution in [1.29, 1.82) is 0 Å². The number of fused-ring (bicyclic) bond motifs is 5. The van der Waals surface area contributed by atoms with Crippen LogP contribution >= 0.6 is 0 Å². The summed E-state index contributed by atoms with van der Waals surface area (Å²) in [6.45, 7) is 0. The van der Waals surface area contributed by atoms with Crippen LogP contribution in [0.1, 0.15) is 0 Å². The molecule has 2 nitrogen and oxygen atoms in total. The predicted octanol–water partition coefficient (Wildman–Crippen LogP) is 17.2. The number of rotatable bonds is 8. The molecule has 0 unspecified atom stereocenters. The number of hydrogen-bond acceptors (Lipinski definition) is 1. The average molecular weight is 815 g/mol. The summed E-state index contributed by atoms with van der Waals surface area (Å²) in [5, 5.41) is 7.53. The fourth-order valence-corrected chi connectivity index (χ4v) is 9.47. The van der Waals surface area contributed by atoms with Crippen molar-refractivity contribution < 1.29 is 0 Å². The Hall–Kier alpha value is -8.46. The Morgan fingerprint density at radius 2 is 0.594 bits per heavy atom. The summed E-state index contributed by atoms with van der Waals surface area (Å²) >= 11 is 0. The highest BCUT2D eigenvalue weighted by molar-refractivity contribution is 6.09. The minimum absolute atomic E-state index is 1.08. The molecule has 12 aromatic rings. The van der Waals surface area contributed by atoms with E-state index in [0.717, 1.165) is 22.7 Å². The highest BCUT2D eigenvalue weighted by atomic mass is 15.1. The van der Waals surface area contributed by atoms with Crippen LogP contribution in [-0.4, -0.2) is 4.57 Å². The Morgan fingerprint density at radius 3 is 1.05 bits per heavy atom. The Kier molecular flexibility index (Phi) is 9.20. The summed E-state index contributed by atoms with van der Waals surface area (Å²) in [6.07, 6.45) is 0. The Bertz CT molecular complexity index is 3420. The summed E-state index contributed by atoms with van der Waals surface area (Å²) in [7, 11) is 0. The largest absolute Gasteiger partial charge is 0.310 e. The normalized spacial score (nSPS) is 11.4. The molecule has 2 heteroatoms. The van der Waals surface area contributed by atoms with E-state index < -0.39 is 0 Å². The summed E-state index contributed by atoms with van der Waals surface area (Å²) < 4.78 is 2.39. The van der Waals surface area contributed by atoms with Crippen molar-refractivity contribution in [1.82, 2.24) is 4.57 Å². The van der Waals surface area contributed by atoms with Gasteiger partial charge in [0.2, 0.25) is 0 Å². The predicted molar refractivity (Wildman–Crippen MR) is 272 cm³/mol. The van der Waals surface area contributed by atoms with Crippen molar-refractivity contribution in [2.75, 3.05) is 4.90 Å². The van der Waals surface area contributed by atoms with Gasteiger partial charge in [-0.1, -0.05) is 188 Å². The van der Waals surface area contributed by atoms with E-state index in [0.29, 0.717) is 0 Å². The van der Waals surface area contributed by atoms with Crippen LogP contribution in [0.5, 0.6) is 0 Å². The van der Waals surface area contributed by atoms with Gasteiger partial charge in [-0.3, -0.25) is 0 Å². The molecule has 0 radical (unpaired) electrons. The zero-order chi connectivity index (χ0) is 42.4. The number of hydrogen-bond donors (Lipinski definition) is 0. The molecule has 0 spiro atoms. The van der Waals surface area contributed by atoms with Gasteiger partial charge >= 0.3 is 0 Å². The van der Waals surface area contributed by atoms with Crippen LogP contribution in [0.3, 0.4) is 0 Å². The quantitative estimate of drug-likeness (QED) is 0.148. The lowest BCUT2D eigenvalue weighted by Gasteiger charge is -2.26. The zero-order valence-corrected chi connectivity index (χ0v) is 35.1. The minimum atomic E-state index is 1.08. The lowest BCUT2D eigenvalue weighted by atomic mass is 9.98. The lowest BCUT2D eigenvalue weighted by Crippen LogP contribution is -2.10. The first-order valence-electron chi connectivity index (χ1n) is 22.0. The Labute approximate surface area is 373 Å². The monoisotopic (exact) mass is 814 g/mol. The van der Waals surface area contributed by atoms with Crippen LogP contribution in [-0.2, 0) is 0 Å². The molecule has 64 heavy (non-hydrogen) atoms. The van der Waals surface area contributed by atoms with E-state index in [4.69, 9.17) is 0 Å². The Morgan fingerprint density at radius 1 is 0.234 bits per heavy atom. The number of aromatic nitrogens is 1. The maximum Gasteiger partial charge on any atom is 0.0541 e. The van der Waals surface area contributed by atoms with Crippen molar-refractivity contribution >= 4 is 60.4 Å². The molecule has 1 heterocycles. The fraction of sp³-hybridized carbons (Fsp3) is 0. The van der Waals surface area contributed by atoms with E-state index in [1.54, 1.807) is 0 Å². The topological polar surface area (TPSA) is 8.17 Å². The maximum atomic E-state index is 2.39. The second-order valence-corrected chi connectivity index (χ2v) is 16.6. The number of anilines is 3. The number of nitrogens with zero attached hydrogens (tertiary/aromatic N) is 2. The molecule has 0 aliphatic carbocycles. The summed E-state index contributed by atoms with van der Waals surface area (Å²) in [5.74, 6) is 0. The van der Waals surface area contributed by atoms with Gasteiger partial charge in [-0.25, -0.2) is 0 Å². The van der Waals surface area contributed by atoms with Crippen LogP contribution < -0.4 is 4.90 Å². The fourth-order valence-electron chi connectivity index (χ4n) is 9.47. The van der Waals surface area contributed by atoms with E-state index >= 15 is 0 Å². The highest BCUT2D eigenvalue weighted by Crippen LogP contribution is 2.40. The van der Waals surface area contributed by atoms with Crippen molar-refractivity contribution in [3.05, 3.63) is 255 Å². The van der Waals surface area contributed by atoms with Gasteiger partial charge in [-0.15, -0.1) is 0 Å². The SMILES string of the molecule is c1cc(N(c2ccc(-c3ccc(-c4ccc5ccccc5c4)cc3)cc2)c2ccc(-c3ccc(-c4ccc5ccccc5c4)cc3)cc2)cc(-n2c3ccccc3c3ccccc32)c1. The maximum absolute atomic E-state index is 2.39. The van der Waals surface area contributed by atoms with E-state index in [-0.39, 0.29) is 0 Å². The first-order chi connectivity index (χ1) is 31.7. The van der Waals surface area contributed by atoms with Gasteiger partial charge in [0.05, 0.1) is 11.0 Å². The molecule has 0 atom stereocenters. The third-order valence-electron chi connectivity index (χ3n) is 12.8. The van der Waals surface area contributed by atoms with Crippen LogP contribution in [0.15, 0.2) is 255 Å². The third kappa shape index (κ3) is 6.79. The summed E-state index contributed by atoms with van der Waals surface area (Å²) in [6, 6.07) is 92.7. The standard InChI is InChI=1S/C62H42N2/c1-3-12-51-40-53(30-28-43(51)10-1)49-24-20-45(21-25-49)47-32-36-55(37-33-47)63(57-14-9-15-58(42-57)64-61-18-7-5-16-59(61)60-17-6-8-19-62(60)64)56-38-34-48(35-39-56)46-22-26-50(27-23-46)54-31-29-44-11-2-4-13-52(44)41-54/h1-42H. The van der Waals surface area contributed by atoms with Gasteiger partial charge in [0.1, 0.15) is 0 Å². The highest BCUT2D eigenvalue weighted by Gasteiger charge is 2.17. The molecule has 0 amide bonds. The molecule has 0 aliphatic rings. The lowest BCUT2D eigenvalue weighted by molar-refractivity contribution is 1.17. The van der Waals surface area contributed by atoms with Gasteiger partial charge in [0.25, 0.3) is 0 Å². The van der Waals surface area contributed by atoms with Gasteiger partial charge < -0.3 is 9.47 Å². The minimum Gasteiger partial charge on any atom is -0.310 e. The molecule has 0 saturated carbocycles. The zero-order valence-electron chi connectivity index (χ0n) is 35.1. The van der Waals surface area contributed by atoms with Gasteiger partial charge in [0.15, 0.2) is 0 Å². The van der Waals surface area contributed by atoms with Crippen LogP contribution in [0.25, 0.3) is 93.5 Å². The van der Waals surface area contributed by atoms with Crippen LogP contribution in [0.2, 0.25) is 0 Å². The molecule has 0 N–H and O–H groups in total. The molecular formula is C62H42N2. The first-order valence-corrected chi connectivity index (χ1v) is 22.0. The first kappa shape index (κ1) is 37.3. The van der Waals surface area contributed by atoms with E-state index in [1.807, 2.05) is 0 Å². The van der Waals surface area contributed by atoms with Gasteiger partial charge in [-0.2, -0.15) is 0 Å². The summed E-state index contributed by atoms with van der Waals surface area (Å²) in [5.41, 5.74) is 16.4. The smallest absolute Gasteiger partial charge is 0.0541 e. The van der Waals surface area contributed by atoms with E-state index in [9.17, 15) is 0 Å². The molecule has 0 fully saturated rings. The van der Waals surface area contributed by atoms with Crippen molar-refractivity contribution in [3.63, 3.8) is 0 Å². The molecule has 1 aromatic heterocycles.